The van der Waals surface area contributed by atoms with Gasteiger partial charge < -0.3 is 4.74 Å². The Bertz CT molecular complexity index is 325. The van der Waals surface area contributed by atoms with E-state index in [-0.39, 0.29) is 5.88 Å². The Morgan fingerprint density at radius 1 is 1.69 bits per heavy atom. The summed E-state index contributed by atoms with van der Waals surface area (Å²) >= 11 is 0. The molecule has 4 heteroatoms. The largest absolute Gasteiger partial charge is 0.404 e. The average molecular weight is 183 g/mol. The smallest absolute Gasteiger partial charge is 0.309 e. The van der Waals surface area contributed by atoms with Crippen LogP contribution >= 0.6 is 0 Å². The first-order valence-corrected chi connectivity index (χ1v) is 3.97. The molecule has 0 aliphatic carbocycles. The van der Waals surface area contributed by atoms with Crippen LogP contribution in [0.2, 0.25) is 0 Å². The number of carbonyl (C=O) groups is 1. The van der Waals surface area contributed by atoms with Crippen molar-refractivity contribution in [1.82, 2.24) is 4.98 Å². The number of esters is 1. The number of hydrogen-bond donors (Lipinski definition) is 0. The lowest BCUT2D eigenvalue weighted by Gasteiger charge is -2.03. The summed E-state index contributed by atoms with van der Waals surface area (Å²) in [5.74, 6) is -1.37. The second kappa shape index (κ2) is 3.98. The van der Waals surface area contributed by atoms with Crippen LogP contribution < -0.4 is 4.74 Å². The van der Waals surface area contributed by atoms with Crippen LogP contribution in [0.25, 0.3) is 0 Å². The van der Waals surface area contributed by atoms with Gasteiger partial charge in [-0.1, -0.05) is 6.92 Å². The van der Waals surface area contributed by atoms with Gasteiger partial charge in [-0.05, 0) is 18.1 Å². The number of hydrogen-bond acceptors (Lipinski definition) is 3. The van der Waals surface area contributed by atoms with Gasteiger partial charge in [0.1, 0.15) is 0 Å². The zero-order valence-electron chi connectivity index (χ0n) is 7.50. The highest BCUT2D eigenvalue weighted by Gasteiger charge is 2.10. The highest BCUT2D eigenvalue weighted by Crippen LogP contribution is 2.17. The van der Waals surface area contributed by atoms with Crippen molar-refractivity contribution in [3.63, 3.8) is 0 Å². The number of aryl methyl sites for hydroxylation is 1. The number of ether oxygens (including phenoxy) is 1. The Hall–Kier alpha value is -1.45. The molecule has 70 valence electrons. The fourth-order valence-electron chi connectivity index (χ4n) is 0.942. The molecule has 13 heavy (non-hydrogen) atoms. The van der Waals surface area contributed by atoms with Crippen molar-refractivity contribution in [2.24, 2.45) is 0 Å². The topological polar surface area (TPSA) is 39.2 Å². The van der Waals surface area contributed by atoms with E-state index in [1.807, 2.05) is 6.92 Å². The van der Waals surface area contributed by atoms with E-state index in [1.54, 1.807) is 6.07 Å². The zero-order chi connectivity index (χ0) is 9.84. The first-order valence-electron chi connectivity index (χ1n) is 3.97. The summed E-state index contributed by atoms with van der Waals surface area (Å²) in [5, 5.41) is 0. The predicted octanol–water partition coefficient (Wildman–Crippen LogP) is 1.71. The van der Waals surface area contributed by atoms with Crippen molar-refractivity contribution in [2.75, 3.05) is 0 Å². The summed E-state index contributed by atoms with van der Waals surface area (Å²) in [6, 6.07) is 1.56. The fraction of sp³-hybridized carbons (Fsp3) is 0.333. The SMILES string of the molecule is CCc1ccnc(OC(C)=O)c1F. The highest BCUT2D eigenvalue weighted by atomic mass is 19.1. The lowest BCUT2D eigenvalue weighted by molar-refractivity contribution is -0.132. The van der Waals surface area contributed by atoms with Crippen LogP contribution in [-0.2, 0) is 11.2 Å². The molecule has 0 radical (unpaired) electrons. The number of carbonyl (C=O) groups excluding carboxylic acids is 1. The van der Waals surface area contributed by atoms with Gasteiger partial charge in [-0.3, -0.25) is 4.79 Å². The van der Waals surface area contributed by atoms with Crippen molar-refractivity contribution >= 4 is 5.97 Å². The van der Waals surface area contributed by atoms with Crippen molar-refractivity contribution in [1.29, 1.82) is 0 Å². The van der Waals surface area contributed by atoms with Crippen molar-refractivity contribution in [2.45, 2.75) is 20.3 Å². The zero-order valence-corrected chi connectivity index (χ0v) is 7.50. The van der Waals surface area contributed by atoms with Gasteiger partial charge in [-0.2, -0.15) is 0 Å². The van der Waals surface area contributed by atoms with Crippen LogP contribution in [0.3, 0.4) is 0 Å². The van der Waals surface area contributed by atoms with Crippen LogP contribution in [0.5, 0.6) is 5.88 Å². The third kappa shape index (κ3) is 2.24. The van der Waals surface area contributed by atoms with E-state index >= 15 is 0 Å². The maximum Gasteiger partial charge on any atom is 0.309 e. The first-order chi connectivity index (χ1) is 6.15. The van der Waals surface area contributed by atoms with E-state index in [9.17, 15) is 9.18 Å². The fourth-order valence-corrected chi connectivity index (χ4v) is 0.942. The number of pyridine rings is 1. The van der Waals surface area contributed by atoms with Crippen LogP contribution in [0.1, 0.15) is 19.4 Å². The average Bonchev–Trinajstić information content (AvgIpc) is 2.08. The van der Waals surface area contributed by atoms with Gasteiger partial charge in [-0.25, -0.2) is 9.37 Å². The Balaban J connectivity index is 3.01. The molecule has 0 aliphatic heterocycles. The van der Waals surface area contributed by atoms with Crippen LogP contribution in [-0.4, -0.2) is 11.0 Å². The summed E-state index contributed by atoms with van der Waals surface area (Å²) < 4.78 is 17.9. The molecule has 0 aliphatic rings. The number of aromatic nitrogens is 1. The van der Waals surface area contributed by atoms with Crippen molar-refractivity contribution in [3.8, 4) is 5.88 Å². The lowest BCUT2D eigenvalue weighted by atomic mass is 10.2. The molecule has 0 saturated carbocycles. The highest BCUT2D eigenvalue weighted by molar-refractivity contribution is 5.68. The number of rotatable bonds is 2. The minimum atomic E-state index is -0.570. The molecule has 1 aromatic heterocycles. The number of halogens is 1. The maximum atomic E-state index is 13.3. The molecule has 0 saturated heterocycles. The maximum absolute atomic E-state index is 13.3. The van der Waals surface area contributed by atoms with E-state index in [4.69, 9.17) is 0 Å². The number of nitrogens with zero attached hydrogens (tertiary/aromatic N) is 1. The molecule has 0 fully saturated rings. The van der Waals surface area contributed by atoms with Gasteiger partial charge in [0.15, 0.2) is 5.82 Å². The van der Waals surface area contributed by atoms with E-state index < -0.39 is 11.8 Å². The molecule has 0 aromatic carbocycles. The van der Waals surface area contributed by atoms with Gasteiger partial charge in [0.2, 0.25) is 0 Å². The Labute approximate surface area is 75.6 Å². The first kappa shape index (κ1) is 9.64. The quantitative estimate of drug-likeness (QED) is 0.655. The van der Waals surface area contributed by atoms with Crippen LogP contribution in [0, 0.1) is 5.82 Å². The second-order valence-corrected chi connectivity index (χ2v) is 2.54. The van der Waals surface area contributed by atoms with E-state index in [0.717, 1.165) is 0 Å². The standard InChI is InChI=1S/C9H10FNO2/c1-3-7-4-5-11-9(8(7)10)13-6(2)12/h4-5H,3H2,1-2H3. The van der Waals surface area contributed by atoms with Crippen molar-refractivity contribution in [3.05, 3.63) is 23.6 Å². The molecule has 1 aromatic rings. The summed E-state index contributed by atoms with van der Waals surface area (Å²) in [6.45, 7) is 3.02. The molecule has 0 N–H and O–H groups in total. The minimum absolute atomic E-state index is 0.244. The molecule has 0 unspecified atom stereocenters. The third-order valence-corrected chi connectivity index (χ3v) is 1.56. The second-order valence-electron chi connectivity index (χ2n) is 2.54. The molecule has 0 amide bonds. The van der Waals surface area contributed by atoms with Crippen molar-refractivity contribution < 1.29 is 13.9 Å². The molecule has 0 bridgehead atoms. The third-order valence-electron chi connectivity index (χ3n) is 1.56. The molecule has 1 rings (SSSR count). The van der Waals surface area contributed by atoms with Gasteiger partial charge in [-0.15, -0.1) is 0 Å². The normalized spacial score (nSPS) is 9.77. The van der Waals surface area contributed by atoms with Crippen LogP contribution in [0.4, 0.5) is 4.39 Å². The molecule has 3 nitrogen and oxygen atoms in total. The lowest BCUT2D eigenvalue weighted by Crippen LogP contribution is -2.06. The predicted molar refractivity (Wildman–Crippen MR) is 44.9 cm³/mol. The molecular weight excluding hydrogens is 173 g/mol. The Morgan fingerprint density at radius 3 is 2.92 bits per heavy atom. The summed E-state index contributed by atoms with van der Waals surface area (Å²) in [7, 11) is 0. The summed E-state index contributed by atoms with van der Waals surface area (Å²) in [6.07, 6.45) is 1.96. The van der Waals surface area contributed by atoms with E-state index in [0.29, 0.717) is 12.0 Å². The van der Waals surface area contributed by atoms with Crippen LogP contribution in [0.15, 0.2) is 12.3 Å². The molecule has 0 atom stereocenters. The van der Waals surface area contributed by atoms with Gasteiger partial charge in [0.25, 0.3) is 5.88 Å². The van der Waals surface area contributed by atoms with Gasteiger partial charge in [0, 0.05) is 13.1 Å². The monoisotopic (exact) mass is 183 g/mol. The molecule has 1 heterocycles. The van der Waals surface area contributed by atoms with Gasteiger partial charge in [0.05, 0.1) is 0 Å². The Morgan fingerprint density at radius 2 is 2.38 bits per heavy atom. The summed E-state index contributed by atoms with van der Waals surface area (Å²) in [5.41, 5.74) is 0.492. The minimum Gasteiger partial charge on any atom is -0.404 e. The summed E-state index contributed by atoms with van der Waals surface area (Å²) in [4.78, 5) is 14.1. The van der Waals surface area contributed by atoms with E-state index in [1.165, 1.54) is 13.1 Å². The Kier molecular flexibility index (Phi) is 2.95. The molecular formula is C9H10FNO2. The molecule has 0 spiro atoms. The van der Waals surface area contributed by atoms with E-state index in [2.05, 4.69) is 9.72 Å². The van der Waals surface area contributed by atoms with Gasteiger partial charge >= 0.3 is 5.97 Å².